The van der Waals surface area contributed by atoms with Crippen molar-refractivity contribution in [3.8, 4) is 0 Å². The van der Waals surface area contributed by atoms with Crippen molar-refractivity contribution >= 4 is 27.5 Å². The zero-order valence-corrected chi connectivity index (χ0v) is 21.3. The van der Waals surface area contributed by atoms with Gasteiger partial charge >= 0.3 is 0 Å². The Balaban J connectivity index is 1.84. The number of rotatable bonds is 11. The molecule has 34 heavy (non-hydrogen) atoms. The van der Waals surface area contributed by atoms with Gasteiger partial charge in [0.15, 0.2) is 0 Å². The molecule has 6 nitrogen and oxygen atoms in total. The maximum atomic E-state index is 13.5. The van der Waals surface area contributed by atoms with Gasteiger partial charge in [0.05, 0.1) is 18.0 Å². The van der Waals surface area contributed by atoms with Crippen LogP contribution in [0.5, 0.6) is 0 Å². The SMILES string of the molecule is CC[C@@H](C)N(CC(=O)N(CCc1ccccc1)Cc1ccc(C)o1)S(=O)(=O)c1ccc(Cl)cc1. The van der Waals surface area contributed by atoms with Gasteiger partial charge in [-0.25, -0.2) is 8.42 Å². The van der Waals surface area contributed by atoms with Crippen LogP contribution >= 0.6 is 11.6 Å². The second-order valence-electron chi connectivity index (χ2n) is 8.32. The van der Waals surface area contributed by atoms with E-state index in [0.29, 0.717) is 30.2 Å². The van der Waals surface area contributed by atoms with Gasteiger partial charge in [-0.2, -0.15) is 4.31 Å². The minimum Gasteiger partial charge on any atom is -0.464 e. The molecular formula is C26H31ClN2O4S. The van der Waals surface area contributed by atoms with E-state index in [-0.39, 0.29) is 29.9 Å². The summed E-state index contributed by atoms with van der Waals surface area (Å²) in [5.41, 5.74) is 1.10. The van der Waals surface area contributed by atoms with Gasteiger partial charge in [-0.05, 0) is 68.7 Å². The van der Waals surface area contributed by atoms with E-state index >= 15 is 0 Å². The van der Waals surface area contributed by atoms with E-state index in [9.17, 15) is 13.2 Å². The molecular weight excluding hydrogens is 472 g/mol. The molecule has 0 spiro atoms. The topological polar surface area (TPSA) is 70.8 Å². The molecule has 182 valence electrons. The van der Waals surface area contributed by atoms with Crippen LogP contribution in [0.2, 0.25) is 5.02 Å². The minimum absolute atomic E-state index is 0.113. The van der Waals surface area contributed by atoms with Gasteiger partial charge in [0.25, 0.3) is 0 Å². The number of sulfonamides is 1. The normalized spacial score (nSPS) is 12.6. The fourth-order valence-electron chi connectivity index (χ4n) is 3.62. The van der Waals surface area contributed by atoms with Crippen molar-refractivity contribution in [3.05, 3.63) is 88.8 Å². The molecule has 3 aromatic rings. The van der Waals surface area contributed by atoms with Crippen molar-refractivity contribution in [2.45, 2.75) is 51.1 Å². The molecule has 3 rings (SSSR count). The van der Waals surface area contributed by atoms with E-state index in [1.807, 2.05) is 63.2 Å². The number of aryl methyl sites for hydroxylation is 1. The molecule has 2 aromatic carbocycles. The Morgan fingerprint density at radius 3 is 2.29 bits per heavy atom. The minimum atomic E-state index is -3.89. The zero-order valence-electron chi connectivity index (χ0n) is 19.8. The molecule has 0 saturated carbocycles. The third-order valence-corrected chi connectivity index (χ3v) is 8.03. The number of benzene rings is 2. The fraction of sp³-hybridized carbons (Fsp3) is 0.346. The first kappa shape index (κ1) is 26.0. The van der Waals surface area contributed by atoms with Crippen LogP contribution in [0.25, 0.3) is 0 Å². The average molecular weight is 503 g/mol. The number of amides is 1. The molecule has 0 aliphatic heterocycles. The highest BCUT2D eigenvalue weighted by Gasteiger charge is 2.32. The first-order valence-electron chi connectivity index (χ1n) is 11.3. The molecule has 0 unspecified atom stereocenters. The summed E-state index contributed by atoms with van der Waals surface area (Å²) in [4.78, 5) is 15.3. The molecule has 0 saturated heterocycles. The Kier molecular flexibility index (Phi) is 8.94. The van der Waals surface area contributed by atoms with Crippen molar-refractivity contribution in [2.24, 2.45) is 0 Å². The van der Waals surface area contributed by atoms with Crippen molar-refractivity contribution in [3.63, 3.8) is 0 Å². The Morgan fingerprint density at radius 1 is 1.03 bits per heavy atom. The summed E-state index contributed by atoms with van der Waals surface area (Å²) in [6.45, 7) is 6.02. The monoisotopic (exact) mass is 502 g/mol. The lowest BCUT2D eigenvalue weighted by Gasteiger charge is -2.30. The van der Waals surface area contributed by atoms with Gasteiger partial charge in [-0.15, -0.1) is 0 Å². The molecule has 1 atom stereocenters. The average Bonchev–Trinajstić information content (AvgIpc) is 3.24. The van der Waals surface area contributed by atoms with Crippen molar-refractivity contribution in [1.82, 2.24) is 9.21 Å². The zero-order chi connectivity index (χ0) is 24.7. The van der Waals surface area contributed by atoms with Crippen LogP contribution in [0.15, 0.2) is 76.0 Å². The van der Waals surface area contributed by atoms with Crippen LogP contribution < -0.4 is 0 Å². The van der Waals surface area contributed by atoms with E-state index in [0.717, 1.165) is 11.3 Å². The van der Waals surface area contributed by atoms with Crippen molar-refractivity contribution in [2.75, 3.05) is 13.1 Å². The van der Waals surface area contributed by atoms with E-state index in [1.54, 1.807) is 4.90 Å². The van der Waals surface area contributed by atoms with Crippen LogP contribution in [-0.2, 0) is 27.8 Å². The summed E-state index contributed by atoms with van der Waals surface area (Å²) < 4.78 is 33.9. The van der Waals surface area contributed by atoms with Crippen LogP contribution in [0.1, 0.15) is 37.4 Å². The summed E-state index contributed by atoms with van der Waals surface area (Å²) in [5.74, 6) is 1.15. The predicted molar refractivity (Wildman–Crippen MR) is 134 cm³/mol. The standard InChI is InChI=1S/C26H31ClN2O4S/c1-4-20(2)29(34(31,32)25-14-11-23(27)12-15-25)19-26(30)28(18-24-13-10-21(3)33-24)17-16-22-8-6-5-7-9-22/h5-15,20H,4,16-19H2,1-3H3/t20-/m1/s1. The van der Waals surface area contributed by atoms with E-state index in [1.165, 1.54) is 28.6 Å². The number of hydrogen-bond acceptors (Lipinski definition) is 4. The molecule has 1 heterocycles. The Bertz CT molecular complexity index is 1180. The lowest BCUT2D eigenvalue weighted by atomic mass is 10.1. The lowest BCUT2D eigenvalue weighted by molar-refractivity contribution is -0.132. The molecule has 0 aliphatic carbocycles. The summed E-state index contributed by atoms with van der Waals surface area (Å²) in [7, 11) is -3.89. The number of carbonyl (C=O) groups excluding carboxylic acids is 1. The molecule has 1 aromatic heterocycles. The van der Waals surface area contributed by atoms with Crippen molar-refractivity contribution < 1.29 is 17.6 Å². The Labute approximate surface area is 207 Å². The van der Waals surface area contributed by atoms with Crippen LogP contribution in [0.3, 0.4) is 0 Å². The third-order valence-electron chi connectivity index (χ3n) is 5.80. The summed E-state index contributed by atoms with van der Waals surface area (Å²) in [5, 5.41) is 0.450. The molecule has 0 aliphatic rings. The highest BCUT2D eigenvalue weighted by Crippen LogP contribution is 2.22. The maximum absolute atomic E-state index is 13.5. The molecule has 1 amide bonds. The van der Waals surface area contributed by atoms with Gasteiger partial charge in [0.1, 0.15) is 11.5 Å². The number of nitrogens with zero attached hydrogens (tertiary/aromatic N) is 2. The van der Waals surface area contributed by atoms with Gasteiger partial charge in [-0.3, -0.25) is 4.79 Å². The number of halogens is 1. The molecule has 0 fully saturated rings. The summed E-state index contributed by atoms with van der Waals surface area (Å²) >= 11 is 5.94. The largest absolute Gasteiger partial charge is 0.464 e. The maximum Gasteiger partial charge on any atom is 0.243 e. The highest BCUT2D eigenvalue weighted by molar-refractivity contribution is 7.89. The Morgan fingerprint density at radius 2 is 1.71 bits per heavy atom. The van der Waals surface area contributed by atoms with Gasteiger partial charge in [0.2, 0.25) is 15.9 Å². The molecule has 0 bridgehead atoms. The summed E-state index contributed by atoms with van der Waals surface area (Å²) in [6.07, 6.45) is 1.22. The first-order valence-corrected chi connectivity index (χ1v) is 13.2. The third kappa shape index (κ3) is 6.72. The smallest absolute Gasteiger partial charge is 0.243 e. The number of carbonyl (C=O) groups is 1. The summed E-state index contributed by atoms with van der Waals surface area (Å²) in [6, 6.07) is 19.2. The molecule has 8 heteroatoms. The van der Waals surface area contributed by atoms with Gasteiger partial charge in [-0.1, -0.05) is 48.9 Å². The first-order chi connectivity index (χ1) is 16.2. The highest BCUT2D eigenvalue weighted by atomic mass is 35.5. The van der Waals surface area contributed by atoms with Crippen molar-refractivity contribution in [1.29, 1.82) is 0 Å². The number of hydrogen-bond donors (Lipinski definition) is 0. The quantitative estimate of drug-likeness (QED) is 0.356. The predicted octanol–water partition coefficient (Wildman–Crippen LogP) is 5.30. The van der Waals surface area contributed by atoms with E-state index in [2.05, 4.69) is 0 Å². The molecule has 0 radical (unpaired) electrons. The second-order valence-corrected chi connectivity index (χ2v) is 10.7. The van der Waals surface area contributed by atoms with Crippen LogP contribution in [-0.4, -0.2) is 42.7 Å². The van der Waals surface area contributed by atoms with Crippen LogP contribution in [0.4, 0.5) is 0 Å². The van der Waals surface area contributed by atoms with Gasteiger partial charge in [0, 0.05) is 17.6 Å². The lowest BCUT2D eigenvalue weighted by Crippen LogP contribution is -2.46. The van der Waals surface area contributed by atoms with Gasteiger partial charge < -0.3 is 9.32 Å². The number of furan rings is 1. The van der Waals surface area contributed by atoms with E-state index in [4.69, 9.17) is 16.0 Å². The molecule has 0 N–H and O–H groups in total. The second kappa shape index (κ2) is 11.7. The van der Waals surface area contributed by atoms with Crippen LogP contribution in [0, 0.1) is 6.92 Å². The fourth-order valence-corrected chi connectivity index (χ4v) is 5.40. The van der Waals surface area contributed by atoms with E-state index < -0.39 is 10.0 Å². The Hall–Kier alpha value is -2.61.